The summed E-state index contributed by atoms with van der Waals surface area (Å²) in [4.78, 5) is 14.1. The molecule has 0 fully saturated rings. The van der Waals surface area contributed by atoms with E-state index >= 15 is 0 Å². The van der Waals surface area contributed by atoms with E-state index in [0.717, 1.165) is 10.6 Å². The van der Waals surface area contributed by atoms with E-state index in [-0.39, 0.29) is 0 Å². The third-order valence-electron chi connectivity index (χ3n) is 3.50. The van der Waals surface area contributed by atoms with Gasteiger partial charge in [-0.15, -0.1) is 11.3 Å². The molecule has 26 heavy (non-hydrogen) atoms. The molecule has 0 aliphatic carbocycles. The summed E-state index contributed by atoms with van der Waals surface area (Å²) < 4.78 is 5.29. The molecular formula is C17H19ClN6OS. The van der Waals surface area contributed by atoms with Gasteiger partial charge in [0, 0.05) is 41.7 Å². The number of hydrogen-bond acceptors (Lipinski definition) is 6. The van der Waals surface area contributed by atoms with Gasteiger partial charge in [-0.25, -0.2) is 4.98 Å². The first-order chi connectivity index (χ1) is 12.6. The molecule has 2 aromatic heterocycles. The number of hydrogen-bond donors (Lipinski definition) is 2. The van der Waals surface area contributed by atoms with E-state index in [1.54, 1.807) is 30.5 Å². The van der Waals surface area contributed by atoms with Gasteiger partial charge in [0.1, 0.15) is 5.01 Å². The minimum atomic E-state index is 0.554. The molecule has 0 aliphatic rings. The van der Waals surface area contributed by atoms with Gasteiger partial charge >= 0.3 is 0 Å². The normalized spacial score (nSPS) is 11.6. The van der Waals surface area contributed by atoms with Crippen molar-refractivity contribution in [2.75, 3.05) is 13.6 Å². The standard InChI is InChI=1S/C17H19ClN6OS/c1-11-9-21-15(26-11)10-22-17(19-2)20-8-7-14-23-16(24-25-14)12-3-5-13(18)6-4-12/h3-6,9H,7-8,10H2,1-2H3,(H2,19,20,22). The number of guanidine groups is 1. The minimum absolute atomic E-state index is 0.554. The molecule has 9 heteroatoms. The minimum Gasteiger partial charge on any atom is -0.356 e. The second kappa shape index (κ2) is 8.77. The first-order valence-corrected chi connectivity index (χ1v) is 9.28. The summed E-state index contributed by atoms with van der Waals surface area (Å²) in [5.74, 6) is 1.82. The number of nitrogens with one attached hydrogen (secondary N) is 2. The molecule has 2 heterocycles. The van der Waals surface area contributed by atoms with Crippen LogP contribution < -0.4 is 10.6 Å². The monoisotopic (exact) mass is 390 g/mol. The Bertz CT molecular complexity index is 874. The fraction of sp³-hybridized carbons (Fsp3) is 0.294. The molecule has 136 valence electrons. The van der Waals surface area contributed by atoms with Crippen LogP contribution in [-0.4, -0.2) is 34.7 Å². The number of aromatic nitrogens is 3. The summed E-state index contributed by atoms with van der Waals surface area (Å²) >= 11 is 7.55. The highest BCUT2D eigenvalue weighted by molar-refractivity contribution is 7.11. The van der Waals surface area contributed by atoms with E-state index in [1.165, 1.54) is 4.88 Å². The average Bonchev–Trinajstić information content (AvgIpc) is 3.28. The molecule has 0 unspecified atom stereocenters. The van der Waals surface area contributed by atoms with Crippen molar-refractivity contribution < 1.29 is 4.52 Å². The smallest absolute Gasteiger partial charge is 0.228 e. The topological polar surface area (TPSA) is 88.2 Å². The summed E-state index contributed by atoms with van der Waals surface area (Å²) in [6.45, 7) is 3.30. The van der Waals surface area contributed by atoms with Crippen molar-refractivity contribution in [3.8, 4) is 11.4 Å². The van der Waals surface area contributed by atoms with Crippen molar-refractivity contribution in [3.05, 3.63) is 51.3 Å². The Morgan fingerprint density at radius 1 is 1.27 bits per heavy atom. The van der Waals surface area contributed by atoms with Crippen LogP contribution >= 0.6 is 22.9 Å². The van der Waals surface area contributed by atoms with E-state index in [2.05, 4.69) is 30.8 Å². The Hall–Kier alpha value is -2.45. The highest BCUT2D eigenvalue weighted by atomic mass is 35.5. The Morgan fingerprint density at radius 2 is 2.08 bits per heavy atom. The maximum absolute atomic E-state index is 5.89. The van der Waals surface area contributed by atoms with Crippen LogP contribution in [-0.2, 0) is 13.0 Å². The first-order valence-electron chi connectivity index (χ1n) is 8.08. The second-order valence-corrected chi connectivity index (χ2v) is 7.24. The fourth-order valence-electron chi connectivity index (χ4n) is 2.22. The Kier molecular flexibility index (Phi) is 6.19. The Morgan fingerprint density at radius 3 is 2.77 bits per heavy atom. The van der Waals surface area contributed by atoms with Crippen LogP contribution in [0.25, 0.3) is 11.4 Å². The molecule has 3 aromatic rings. The lowest BCUT2D eigenvalue weighted by Crippen LogP contribution is -2.37. The Balaban J connectivity index is 1.47. The van der Waals surface area contributed by atoms with E-state index in [9.17, 15) is 0 Å². The van der Waals surface area contributed by atoms with Crippen LogP contribution in [0.1, 0.15) is 15.8 Å². The van der Waals surface area contributed by atoms with Crippen molar-refractivity contribution >= 4 is 28.9 Å². The van der Waals surface area contributed by atoms with Crippen molar-refractivity contribution in [2.24, 2.45) is 4.99 Å². The maximum atomic E-state index is 5.89. The molecule has 0 saturated heterocycles. The molecule has 0 radical (unpaired) electrons. The van der Waals surface area contributed by atoms with Gasteiger partial charge in [0.2, 0.25) is 11.7 Å². The van der Waals surface area contributed by atoms with Crippen molar-refractivity contribution in [3.63, 3.8) is 0 Å². The molecule has 0 bridgehead atoms. The van der Waals surface area contributed by atoms with Crippen LogP contribution in [0.2, 0.25) is 5.02 Å². The van der Waals surface area contributed by atoms with Crippen molar-refractivity contribution in [1.82, 2.24) is 25.8 Å². The zero-order valence-electron chi connectivity index (χ0n) is 14.5. The average molecular weight is 391 g/mol. The number of aryl methyl sites for hydroxylation is 1. The van der Waals surface area contributed by atoms with Crippen LogP contribution in [0, 0.1) is 6.92 Å². The van der Waals surface area contributed by atoms with E-state index in [1.807, 2.05) is 25.3 Å². The number of nitrogens with zero attached hydrogens (tertiary/aromatic N) is 4. The fourth-order valence-corrected chi connectivity index (χ4v) is 3.08. The predicted molar refractivity (Wildman–Crippen MR) is 104 cm³/mol. The van der Waals surface area contributed by atoms with E-state index < -0.39 is 0 Å². The molecule has 0 amide bonds. The quantitative estimate of drug-likeness (QED) is 0.496. The number of aliphatic imine (C=N–C) groups is 1. The third kappa shape index (κ3) is 5.03. The number of rotatable bonds is 6. The van der Waals surface area contributed by atoms with E-state index in [0.29, 0.717) is 42.2 Å². The molecule has 7 nitrogen and oxygen atoms in total. The van der Waals surface area contributed by atoms with Crippen LogP contribution in [0.3, 0.4) is 0 Å². The van der Waals surface area contributed by atoms with Crippen LogP contribution in [0.5, 0.6) is 0 Å². The van der Waals surface area contributed by atoms with E-state index in [4.69, 9.17) is 16.1 Å². The number of benzene rings is 1. The molecule has 0 aliphatic heterocycles. The summed E-state index contributed by atoms with van der Waals surface area (Å²) in [7, 11) is 1.73. The summed E-state index contributed by atoms with van der Waals surface area (Å²) in [6.07, 6.45) is 2.46. The van der Waals surface area contributed by atoms with Gasteiger partial charge in [0.05, 0.1) is 6.54 Å². The highest BCUT2D eigenvalue weighted by Crippen LogP contribution is 2.18. The van der Waals surface area contributed by atoms with Gasteiger partial charge in [0.25, 0.3) is 0 Å². The van der Waals surface area contributed by atoms with Crippen LogP contribution in [0.15, 0.2) is 40.0 Å². The second-order valence-electron chi connectivity index (χ2n) is 5.49. The van der Waals surface area contributed by atoms with Gasteiger partial charge < -0.3 is 15.2 Å². The molecule has 2 N–H and O–H groups in total. The summed E-state index contributed by atoms with van der Waals surface area (Å²) in [5.41, 5.74) is 0.869. The first kappa shape index (κ1) is 18.3. The highest BCUT2D eigenvalue weighted by Gasteiger charge is 2.09. The largest absolute Gasteiger partial charge is 0.356 e. The zero-order valence-corrected chi connectivity index (χ0v) is 16.1. The number of halogens is 1. The van der Waals surface area contributed by atoms with Gasteiger partial charge in [-0.05, 0) is 31.2 Å². The van der Waals surface area contributed by atoms with Gasteiger partial charge in [0.15, 0.2) is 5.96 Å². The Labute approximate surface area is 160 Å². The molecule has 1 aromatic carbocycles. The molecule has 0 saturated carbocycles. The zero-order chi connectivity index (χ0) is 18.4. The summed E-state index contributed by atoms with van der Waals surface area (Å²) in [5, 5.41) is 12.2. The predicted octanol–water partition coefficient (Wildman–Crippen LogP) is 3.06. The third-order valence-corrected chi connectivity index (χ3v) is 4.67. The molecule has 3 rings (SSSR count). The lowest BCUT2D eigenvalue weighted by molar-refractivity contribution is 0.378. The molecule has 0 spiro atoms. The van der Waals surface area contributed by atoms with Gasteiger partial charge in [-0.2, -0.15) is 4.98 Å². The summed E-state index contributed by atoms with van der Waals surface area (Å²) in [6, 6.07) is 7.32. The lowest BCUT2D eigenvalue weighted by atomic mass is 10.2. The SMILES string of the molecule is CN=C(NCCc1nc(-c2ccc(Cl)cc2)no1)NCc1ncc(C)s1. The van der Waals surface area contributed by atoms with Gasteiger partial charge in [-0.1, -0.05) is 16.8 Å². The van der Waals surface area contributed by atoms with Crippen molar-refractivity contribution in [2.45, 2.75) is 19.9 Å². The molecular weight excluding hydrogens is 372 g/mol. The van der Waals surface area contributed by atoms with Gasteiger partial charge in [-0.3, -0.25) is 4.99 Å². The number of thiazole rings is 1. The van der Waals surface area contributed by atoms with Crippen LogP contribution in [0.4, 0.5) is 0 Å². The van der Waals surface area contributed by atoms with Crippen molar-refractivity contribution in [1.29, 1.82) is 0 Å². The molecule has 0 atom stereocenters. The maximum Gasteiger partial charge on any atom is 0.228 e. The lowest BCUT2D eigenvalue weighted by Gasteiger charge is -2.09.